The average Bonchev–Trinajstić information content (AvgIpc) is 3.10. The van der Waals surface area contributed by atoms with Crippen molar-refractivity contribution >= 4 is 28.2 Å². The SMILES string of the molecule is Clc1cccc(-c2ccc3ncc(Cc4ccc5ncccc5c4)n3n2)c1. The summed E-state index contributed by atoms with van der Waals surface area (Å²) >= 11 is 6.13. The van der Waals surface area contributed by atoms with Crippen molar-refractivity contribution in [3.8, 4) is 11.3 Å². The fraction of sp³-hybridized carbons (Fsp3) is 0.0455. The maximum absolute atomic E-state index is 6.13. The highest BCUT2D eigenvalue weighted by Gasteiger charge is 2.09. The molecule has 5 heteroatoms. The van der Waals surface area contributed by atoms with Crippen LogP contribution in [0.15, 0.2) is 79.1 Å². The molecule has 0 saturated heterocycles. The maximum Gasteiger partial charge on any atom is 0.153 e. The van der Waals surface area contributed by atoms with Gasteiger partial charge in [0, 0.05) is 28.6 Å². The molecule has 0 fully saturated rings. The summed E-state index contributed by atoms with van der Waals surface area (Å²) in [6, 6.07) is 22.0. The van der Waals surface area contributed by atoms with Crippen LogP contribution < -0.4 is 0 Å². The minimum atomic E-state index is 0.699. The average molecular weight is 371 g/mol. The van der Waals surface area contributed by atoms with Crippen molar-refractivity contribution in [2.75, 3.05) is 0 Å². The van der Waals surface area contributed by atoms with Crippen LogP contribution in [0.2, 0.25) is 5.02 Å². The summed E-state index contributed by atoms with van der Waals surface area (Å²) in [6.07, 6.45) is 4.45. The molecule has 0 aliphatic carbocycles. The molecule has 0 atom stereocenters. The summed E-state index contributed by atoms with van der Waals surface area (Å²) in [5.74, 6) is 0. The van der Waals surface area contributed by atoms with Gasteiger partial charge < -0.3 is 0 Å². The van der Waals surface area contributed by atoms with Gasteiger partial charge in [0.2, 0.25) is 0 Å². The van der Waals surface area contributed by atoms with Crippen LogP contribution in [0.5, 0.6) is 0 Å². The van der Waals surface area contributed by atoms with E-state index < -0.39 is 0 Å². The molecule has 5 rings (SSSR count). The lowest BCUT2D eigenvalue weighted by molar-refractivity contribution is 0.876. The number of benzene rings is 2. The monoisotopic (exact) mass is 370 g/mol. The molecular weight excluding hydrogens is 356 g/mol. The summed E-state index contributed by atoms with van der Waals surface area (Å²) in [4.78, 5) is 8.87. The van der Waals surface area contributed by atoms with Crippen LogP contribution in [-0.2, 0) is 6.42 Å². The van der Waals surface area contributed by atoms with Crippen molar-refractivity contribution in [1.82, 2.24) is 19.6 Å². The molecule has 0 aliphatic rings. The molecule has 0 spiro atoms. The largest absolute Gasteiger partial charge is 0.256 e. The van der Waals surface area contributed by atoms with Gasteiger partial charge in [0.1, 0.15) is 0 Å². The van der Waals surface area contributed by atoms with Crippen LogP contribution in [0.1, 0.15) is 11.3 Å². The third-order valence-electron chi connectivity index (χ3n) is 4.61. The highest BCUT2D eigenvalue weighted by atomic mass is 35.5. The van der Waals surface area contributed by atoms with Crippen LogP contribution in [0.4, 0.5) is 0 Å². The molecule has 5 aromatic rings. The Bertz CT molecular complexity index is 1280. The maximum atomic E-state index is 6.13. The first-order valence-electron chi connectivity index (χ1n) is 8.69. The summed E-state index contributed by atoms with van der Waals surface area (Å²) in [6.45, 7) is 0. The second-order valence-electron chi connectivity index (χ2n) is 6.46. The number of imidazole rings is 1. The number of rotatable bonds is 3. The Morgan fingerprint density at radius 1 is 0.889 bits per heavy atom. The van der Waals surface area contributed by atoms with E-state index in [0.29, 0.717) is 5.02 Å². The van der Waals surface area contributed by atoms with E-state index in [0.717, 1.165) is 39.9 Å². The van der Waals surface area contributed by atoms with Crippen molar-refractivity contribution in [1.29, 1.82) is 0 Å². The van der Waals surface area contributed by atoms with Crippen LogP contribution in [0, 0.1) is 0 Å². The first-order valence-corrected chi connectivity index (χ1v) is 9.07. The minimum absolute atomic E-state index is 0.699. The quantitative estimate of drug-likeness (QED) is 0.439. The van der Waals surface area contributed by atoms with Gasteiger partial charge in [-0.25, -0.2) is 9.50 Å². The molecule has 4 nitrogen and oxygen atoms in total. The fourth-order valence-electron chi connectivity index (χ4n) is 3.29. The predicted molar refractivity (Wildman–Crippen MR) is 108 cm³/mol. The van der Waals surface area contributed by atoms with E-state index in [1.54, 1.807) is 0 Å². The lowest BCUT2D eigenvalue weighted by Gasteiger charge is -2.06. The van der Waals surface area contributed by atoms with Crippen LogP contribution in [0.25, 0.3) is 27.8 Å². The number of halogens is 1. The zero-order valence-electron chi connectivity index (χ0n) is 14.4. The van der Waals surface area contributed by atoms with E-state index in [9.17, 15) is 0 Å². The molecule has 0 N–H and O–H groups in total. The topological polar surface area (TPSA) is 43.1 Å². The Balaban J connectivity index is 1.55. The molecule has 0 bridgehead atoms. The molecule has 27 heavy (non-hydrogen) atoms. The molecular formula is C22H15ClN4. The molecule has 0 radical (unpaired) electrons. The van der Waals surface area contributed by atoms with Gasteiger partial charge in [0.05, 0.1) is 23.1 Å². The van der Waals surface area contributed by atoms with Gasteiger partial charge in [-0.2, -0.15) is 5.10 Å². The second-order valence-corrected chi connectivity index (χ2v) is 6.89. The van der Waals surface area contributed by atoms with Crippen LogP contribution >= 0.6 is 11.6 Å². The minimum Gasteiger partial charge on any atom is -0.256 e. The first-order chi connectivity index (χ1) is 13.3. The molecule has 3 aromatic heterocycles. The first kappa shape index (κ1) is 16.0. The van der Waals surface area contributed by atoms with E-state index in [1.807, 2.05) is 59.4 Å². The van der Waals surface area contributed by atoms with E-state index in [1.165, 1.54) is 5.56 Å². The number of nitrogens with zero attached hydrogens (tertiary/aromatic N) is 4. The Morgan fingerprint density at radius 3 is 2.78 bits per heavy atom. The molecule has 0 aliphatic heterocycles. The molecule has 0 saturated carbocycles. The fourth-order valence-corrected chi connectivity index (χ4v) is 3.48. The van der Waals surface area contributed by atoms with Crippen LogP contribution in [-0.4, -0.2) is 19.6 Å². The van der Waals surface area contributed by atoms with Crippen molar-refractivity contribution in [2.45, 2.75) is 6.42 Å². The summed E-state index contributed by atoms with van der Waals surface area (Å²) in [5, 5.41) is 6.62. The van der Waals surface area contributed by atoms with Crippen molar-refractivity contribution < 1.29 is 0 Å². The highest BCUT2D eigenvalue weighted by Crippen LogP contribution is 2.22. The van der Waals surface area contributed by atoms with Gasteiger partial charge in [0.25, 0.3) is 0 Å². The van der Waals surface area contributed by atoms with Gasteiger partial charge in [-0.3, -0.25) is 4.98 Å². The normalized spacial score (nSPS) is 11.3. The van der Waals surface area contributed by atoms with Gasteiger partial charge in [0.15, 0.2) is 5.65 Å². The van der Waals surface area contributed by atoms with Gasteiger partial charge in [-0.15, -0.1) is 0 Å². The summed E-state index contributed by atoms with van der Waals surface area (Å²) < 4.78 is 1.91. The smallest absolute Gasteiger partial charge is 0.153 e. The van der Waals surface area contributed by atoms with E-state index in [4.69, 9.17) is 16.7 Å². The summed E-state index contributed by atoms with van der Waals surface area (Å²) in [5.41, 5.74) is 5.93. The van der Waals surface area contributed by atoms with Gasteiger partial charge in [-0.05, 0) is 48.0 Å². The van der Waals surface area contributed by atoms with Gasteiger partial charge >= 0.3 is 0 Å². The molecule has 0 amide bonds. The van der Waals surface area contributed by atoms with Crippen molar-refractivity contribution in [3.05, 3.63) is 95.4 Å². The van der Waals surface area contributed by atoms with E-state index in [2.05, 4.69) is 34.2 Å². The lowest BCUT2D eigenvalue weighted by Crippen LogP contribution is -2.00. The number of hydrogen-bond donors (Lipinski definition) is 0. The molecule has 130 valence electrons. The molecule has 2 aromatic carbocycles. The number of pyridine rings is 1. The Hall–Kier alpha value is -3.24. The molecule has 3 heterocycles. The zero-order valence-corrected chi connectivity index (χ0v) is 15.1. The van der Waals surface area contributed by atoms with Crippen LogP contribution in [0.3, 0.4) is 0 Å². The highest BCUT2D eigenvalue weighted by molar-refractivity contribution is 6.30. The predicted octanol–water partition coefficient (Wildman–Crippen LogP) is 5.19. The summed E-state index contributed by atoms with van der Waals surface area (Å²) in [7, 11) is 0. The number of hydrogen-bond acceptors (Lipinski definition) is 3. The van der Waals surface area contributed by atoms with E-state index >= 15 is 0 Å². The van der Waals surface area contributed by atoms with Crippen molar-refractivity contribution in [2.24, 2.45) is 0 Å². The third-order valence-corrected chi connectivity index (χ3v) is 4.84. The number of aromatic nitrogens is 4. The third kappa shape index (κ3) is 3.04. The number of fused-ring (bicyclic) bond motifs is 2. The Labute approximate surface area is 161 Å². The van der Waals surface area contributed by atoms with Crippen molar-refractivity contribution in [3.63, 3.8) is 0 Å². The zero-order chi connectivity index (χ0) is 18.2. The Morgan fingerprint density at radius 2 is 1.85 bits per heavy atom. The Kier molecular flexibility index (Phi) is 3.84. The standard InChI is InChI=1S/C22H15ClN4/c23-18-5-1-3-17(13-18)21-8-9-22-25-14-19(27(22)26-21)12-15-6-7-20-16(11-15)4-2-10-24-20/h1-11,13-14H,12H2. The second kappa shape index (κ2) is 6.49. The molecule has 0 unspecified atom stereocenters. The van der Waals surface area contributed by atoms with Gasteiger partial charge in [-0.1, -0.05) is 35.9 Å². The lowest BCUT2D eigenvalue weighted by atomic mass is 10.1. The van der Waals surface area contributed by atoms with E-state index in [-0.39, 0.29) is 0 Å².